The van der Waals surface area contributed by atoms with E-state index in [1.807, 2.05) is 44.2 Å². The Kier molecular flexibility index (Phi) is 5.34. The molecule has 0 aromatic heterocycles. The minimum absolute atomic E-state index is 0.00928. The van der Waals surface area contributed by atoms with Gasteiger partial charge >= 0.3 is 0 Å². The summed E-state index contributed by atoms with van der Waals surface area (Å²) in [4.78, 5) is 22.8. The molecular weight excluding hydrogens is 316 g/mol. The molecule has 0 fully saturated rings. The van der Waals surface area contributed by atoms with E-state index in [4.69, 9.17) is 11.6 Å². The molecule has 120 valence electrons. The molecule has 0 aliphatic rings. The first-order chi connectivity index (χ1) is 10.9. The number of carbonyl (C=O) groups excluding carboxylic acids is 1. The van der Waals surface area contributed by atoms with Crippen molar-refractivity contribution in [2.24, 2.45) is 5.92 Å². The van der Waals surface area contributed by atoms with Crippen LogP contribution in [-0.2, 0) is 0 Å². The molecule has 0 saturated heterocycles. The molecule has 2 aromatic carbocycles. The standard InChI is InChI=1S/C17H17ClN2O3/c1-11(2)16(12-6-4-3-5-7-12)19-17(21)13-8-9-14(18)15(10-13)20(22)23/h3-11,16H,1-2H3,(H,19,21)/t16-/m1/s1. The van der Waals surface area contributed by atoms with E-state index in [0.717, 1.165) is 5.56 Å². The fourth-order valence-corrected chi connectivity index (χ4v) is 2.50. The lowest BCUT2D eigenvalue weighted by molar-refractivity contribution is -0.384. The normalized spacial score (nSPS) is 12.0. The van der Waals surface area contributed by atoms with Crippen molar-refractivity contribution in [1.82, 2.24) is 5.32 Å². The summed E-state index contributed by atoms with van der Waals surface area (Å²) in [6.07, 6.45) is 0. The summed E-state index contributed by atoms with van der Waals surface area (Å²) in [6.45, 7) is 4.00. The van der Waals surface area contributed by atoms with Crippen molar-refractivity contribution in [2.75, 3.05) is 0 Å². The van der Waals surface area contributed by atoms with Gasteiger partial charge in [0, 0.05) is 11.6 Å². The average molecular weight is 333 g/mol. The van der Waals surface area contributed by atoms with E-state index in [9.17, 15) is 14.9 Å². The van der Waals surface area contributed by atoms with Crippen LogP contribution in [0, 0.1) is 16.0 Å². The van der Waals surface area contributed by atoms with Gasteiger partial charge in [0.25, 0.3) is 11.6 Å². The summed E-state index contributed by atoms with van der Waals surface area (Å²) >= 11 is 5.77. The molecule has 23 heavy (non-hydrogen) atoms. The summed E-state index contributed by atoms with van der Waals surface area (Å²) in [5, 5.41) is 13.9. The number of nitrogens with zero attached hydrogens (tertiary/aromatic N) is 1. The number of nitro benzene ring substituents is 1. The highest BCUT2D eigenvalue weighted by atomic mass is 35.5. The highest BCUT2D eigenvalue weighted by molar-refractivity contribution is 6.32. The summed E-state index contributed by atoms with van der Waals surface area (Å²) in [6, 6.07) is 13.5. The number of benzene rings is 2. The third-order valence-electron chi connectivity index (χ3n) is 3.52. The third-order valence-corrected chi connectivity index (χ3v) is 3.84. The van der Waals surface area contributed by atoms with E-state index >= 15 is 0 Å². The molecule has 1 N–H and O–H groups in total. The van der Waals surface area contributed by atoms with Crippen molar-refractivity contribution < 1.29 is 9.72 Å². The monoisotopic (exact) mass is 332 g/mol. The molecule has 1 amide bonds. The first-order valence-electron chi connectivity index (χ1n) is 7.20. The number of amides is 1. The molecule has 2 rings (SSSR count). The zero-order valence-corrected chi connectivity index (χ0v) is 13.6. The number of rotatable bonds is 5. The molecule has 0 saturated carbocycles. The largest absolute Gasteiger partial charge is 0.345 e. The van der Waals surface area contributed by atoms with Gasteiger partial charge in [-0.1, -0.05) is 55.8 Å². The maximum absolute atomic E-state index is 12.4. The van der Waals surface area contributed by atoms with Crippen LogP contribution in [-0.4, -0.2) is 10.8 Å². The fraction of sp³-hybridized carbons (Fsp3) is 0.235. The lowest BCUT2D eigenvalue weighted by Crippen LogP contribution is -2.31. The van der Waals surface area contributed by atoms with Crippen LogP contribution >= 0.6 is 11.6 Å². The highest BCUT2D eigenvalue weighted by Crippen LogP contribution is 2.26. The van der Waals surface area contributed by atoms with E-state index in [1.54, 1.807) is 0 Å². The lowest BCUT2D eigenvalue weighted by Gasteiger charge is -2.23. The lowest BCUT2D eigenvalue weighted by atomic mass is 9.95. The summed E-state index contributed by atoms with van der Waals surface area (Å²) < 4.78 is 0. The van der Waals surface area contributed by atoms with Crippen molar-refractivity contribution in [3.05, 3.63) is 74.8 Å². The Morgan fingerprint density at radius 1 is 1.17 bits per heavy atom. The number of nitro groups is 1. The maximum atomic E-state index is 12.4. The topological polar surface area (TPSA) is 72.2 Å². The summed E-state index contributed by atoms with van der Waals surface area (Å²) in [7, 11) is 0. The zero-order chi connectivity index (χ0) is 17.0. The van der Waals surface area contributed by atoms with Gasteiger partial charge in [0.1, 0.15) is 5.02 Å². The van der Waals surface area contributed by atoms with Gasteiger partial charge in [0.05, 0.1) is 11.0 Å². The van der Waals surface area contributed by atoms with Gasteiger partial charge < -0.3 is 5.32 Å². The molecule has 0 aliphatic heterocycles. The molecule has 2 aromatic rings. The number of carbonyl (C=O) groups is 1. The number of halogens is 1. The Balaban J connectivity index is 2.26. The van der Waals surface area contributed by atoms with Crippen molar-refractivity contribution >= 4 is 23.2 Å². The Morgan fingerprint density at radius 2 is 1.83 bits per heavy atom. The van der Waals surface area contributed by atoms with Crippen LogP contribution in [0.25, 0.3) is 0 Å². The average Bonchev–Trinajstić information content (AvgIpc) is 2.53. The van der Waals surface area contributed by atoms with Crippen molar-refractivity contribution in [1.29, 1.82) is 0 Å². The third kappa shape index (κ3) is 4.07. The Hall–Kier alpha value is -2.40. The SMILES string of the molecule is CC(C)[C@@H](NC(=O)c1ccc(Cl)c([N+](=O)[O-])c1)c1ccccc1. The molecule has 0 bridgehead atoms. The van der Waals surface area contributed by atoms with Gasteiger partial charge in [-0.05, 0) is 23.6 Å². The van der Waals surface area contributed by atoms with E-state index in [2.05, 4.69) is 5.32 Å². The molecule has 5 nitrogen and oxygen atoms in total. The molecule has 1 atom stereocenters. The quantitative estimate of drug-likeness (QED) is 0.652. The van der Waals surface area contributed by atoms with Crippen LogP contribution in [0.15, 0.2) is 48.5 Å². The Labute approximate surface area is 139 Å². The van der Waals surface area contributed by atoms with E-state index in [1.165, 1.54) is 18.2 Å². The van der Waals surface area contributed by atoms with Crippen molar-refractivity contribution in [3.63, 3.8) is 0 Å². The van der Waals surface area contributed by atoms with Crippen molar-refractivity contribution in [2.45, 2.75) is 19.9 Å². The molecule has 0 aliphatic carbocycles. The van der Waals surface area contributed by atoms with Crippen LogP contribution in [0.3, 0.4) is 0 Å². The second-order valence-corrected chi connectivity index (χ2v) is 5.94. The predicted molar refractivity (Wildman–Crippen MR) is 89.6 cm³/mol. The van der Waals surface area contributed by atoms with E-state index < -0.39 is 4.92 Å². The minimum Gasteiger partial charge on any atom is -0.345 e. The smallest absolute Gasteiger partial charge is 0.288 e. The number of nitrogens with one attached hydrogen (secondary N) is 1. The van der Waals surface area contributed by atoms with Gasteiger partial charge in [-0.2, -0.15) is 0 Å². The van der Waals surface area contributed by atoms with Crippen LogP contribution < -0.4 is 5.32 Å². The van der Waals surface area contributed by atoms with Gasteiger partial charge in [0.15, 0.2) is 0 Å². The van der Waals surface area contributed by atoms with Gasteiger partial charge in [0.2, 0.25) is 0 Å². The maximum Gasteiger partial charge on any atom is 0.288 e. The second-order valence-electron chi connectivity index (χ2n) is 5.53. The summed E-state index contributed by atoms with van der Waals surface area (Å²) in [5.41, 5.74) is 0.919. The molecule has 6 heteroatoms. The highest BCUT2D eigenvalue weighted by Gasteiger charge is 2.21. The van der Waals surface area contributed by atoms with Gasteiger partial charge in [-0.3, -0.25) is 14.9 Å². The van der Waals surface area contributed by atoms with E-state index in [0.29, 0.717) is 0 Å². The van der Waals surface area contributed by atoms with Crippen LogP contribution in [0.4, 0.5) is 5.69 Å². The summed E-state index contributed by atoms with van der Waals surface area (Å²) in [5.74, 6) is -0.198. The number of hydrogen-bond donors (Lipinski definition) is 1. The Morgan fingerprint density at radius 3 is 2.39 bits per heavy atom. The predicted octanol–water partition coefficient (Wildman–Crippen LogP) is 4.38. The van der Waals surface area contributed by atoms with Gasteiger partial charge in [-0.15, -0.1) is 0 Å². The van der Waals surface area contributed by atoms with Crippen LogP contribution in [0.5, 0.6) is 0 Å². The van der Waals surface area contributed by atoms with Crippen LogP contribution in [0.2, 0.25) is 5.02 Å². The Bertz CT molecular complexity index is 717. The van der Waals surface area contributed by atoms with Crippen molar-refractivity contribution in [3.8, 4) is 0 Å². The zero-order valence-electron chi connectivity index (χ0n) is 12.8. The van der Waals surface area contributed by atoms with E-state index in [-0.39, 0.29) is 34.1 Å². The number of hydrogen-bond acceptors (Lipinski definition) is 3. The molecule has 0 heterocycles. The fourth-order valence-electron chi connectivity index (χ4n) is 2.31. The second kappa shape index (κ2) is 7.24. The van der Waals surface area contributed by atoms with Gasteiger partial charge in [-0.25, -0.2) is 0 Å². The molecule has 0 spiro atoms. The molecular formula is C17H17ClN2O3. The first-order valence-corrected chi connectivity index (χ1v) is 7.57. The minimum atomic E-state index is -0.601. The first kappa shape index (κ1) is 17.0. The van der Waals surface area contributed by atoms with Crippen LogP contribution in [0.1, 0.15) is 35.8 Å². The molecule has 0 unspecified atom stereocenters. The molecule has 0 radical (unpaired) electrons.